The first-order chi connectivity index (χ1) is 12.9. The van der Waals surface area contributed by atoms with Gasteiger partial charge in [0, 0.05) is 6.61 Å². The van der Waals surface area contributed by atoms with Crippen LogP contribution in [0.5, 0.6) is 0 Å². The van der Waals surface area contributed by atoms with Gasteiger partial charge in [-0.25, -0.2) is 0 Å². The van der Waals surface area contributed by atoms with Gasteiger partial charge in [-0.2, -0.15) is 0 Å². The summed E-state index contributed by atoms with van der Waals surface area (Å²) >= 11 is 0. The van der Waals surface area contributed by atoms with Gasteiger partial charge in [0.2, 0.25) is 0 Å². The Hall–Kier alpha value is -0.820. The van der Waals surface area contributed by atoms with Gasteiger partial charge in [-0.05, 0) is 24.8 Å². The highest BCUT2D eigenvalue weighted by Crippen LogP contribution is 2.14. The number of benzene rings is 1. The average molecular weight is 360 g/mol. The monoisotopic (exact) mass is 359 g/mol. The van der Waals surface area contributed by atoms with E-state index in [1.165, 1.54) is 115 Å². The second-order valence-corrected chi connectivity index (χ2v) is 7.80. The Morgan fingerprint density at radius 1 is 0.500 bits per heavy atom. The van der Waals surface area contributed by atoms with Crippen molar-refractivity contribution in [2.24, 2.45) is 0 Å². The minimum Gasteiger partial charge on any atom is -0.379 e. The highest BCUT2D eigenvalue weighted by molar-refractivity contribution is 5.14. The first-order valence-electron chi connectivity index (χ1n) is 11.3. The molecule has 0 spiro atoms. The molecule has 0 N–H and O–H groups in total. The SMILES string of the molecule is [CH2]OCCCCCCCCCCCCCCCCCCc1ccccc1. The lowest BCUT2D eigenvalue weighted by atomic mass is 10.0. The van der Waals surface area contributed by atoms with Crippen molar-refractivity contribution in [3.63, 3.8) is 0 Å². The normalized spacial score (nSPS) is 11.1. The molecule has 0 amide bonds. The van der Waals surface area contributed by atoms with Crippen LogP contribution in [-0.2, 0) is 11.2 Å². The zero-order valence-corrected chi connectivity index (χ0v) is 17.2. The Labute approximate surface area is 163 Å². The number of hydrogen-bond acceptors (Lipinski definition) is 1. The number of hydrogen-bond donors (Lipinski definition) is 0. The summed E-state index contributed by atoms with van der Waals surface area (Å²) in [5.41, 5.74) is 1.50. The zero-order chi connectivity index (χ0) is 18.5. The molecule has 1 aromatic carbocycles. The van der Waals surface area contributed by atoms with Crippen molar-refractivity contribution in [2.75, 3.05) is 6.61 Å². The average Bonchev–Trinajstić information content (AvgIpc) is 2.68. The highest BCUT2D eigenvalue weighted by Gasteiger charge is 1.96. The molecule has 1 rings (SSSR count). The van der Waals surface area contributed by atoms with Gasteiger partial charge in [0.25, 0.3) is 0 Å². The third-order valence-corrected chi connectivity index (χ3v) is 5.35. The van der Waals surface area contributed by atoms with Gasteiger partial charge in [-0.15, -0.1) is 0 Å². The summed E-state index contributed by atoms with van der Waals surface area (Å²) in [7, 11) is 3.41. The molecule has 0 fully saturated rings. The summed E-state index contributed by atoms with van der Waals surface area (Å²) in [5, 5.41) is 0. The van der Waals surface area contributed by atoms with Crippen LogP contribution in [0.2, 0.25) is 0 Å². The van der Waals surface area contributed by atoms with E-state index in [9.17, 15) is 0 Å². The molecule has 149 valence electrons. The van der Waals surface area contributed by atoms with Gasteiger partial charge in [0.15, 0.2) is 0 Å². The maximum Gasteiger partial charge on any atom is 0.0700 e. The Morgan fingerprint density at radius 2 is 0.885 bits per heavy atom. The van der Waals surface area contributed by atoms with Crippen LogP contribution >= 0.6 is 0 Å². The molecule has 0 aliphatic heterocycles. The van der Waals surface area contributed by atoms with E-state index in [1.807, 2.05) is 0 Å². The molecule has 1 heteroatoms. The lowest BCUT2D eigenvalue weighted by Crippen LogP contribution is -1.87. The molecule has 0 saturated heterocycles. The van der Waals surface area contributed by atoms with Crippen molar-refractivity contribution in [1.82, 2.24) is 0 Å². The van der Waals surface area contributed by atoms with Crippen molar-refractivity contribution >= 4 is 0 Å². The van der Waals surface area contributed by atoms with E-state index in [4.69, 9.17) is 4.74 Å². The summed E-state index contributed by atoms with van der Waals surface area (Å²) in [6.07, 6.45) is 23.7. The fourth-order valence-electron chi connectivity index (χ4n) is 3.65. The maximum absolute atomic E-state index is 4.83. The van der Waals surface area contributed by atoms with Gasteiger partial charge >= 0.3 is 0 Å². The summed E-state index contributed by atoms with van der Waals surface area (Å²) in [6.45, 7) is 0.827. The minimum atomic E-state index is 0.827. The Balaban J connectivity index is 1.68. The number of unbranched alkanes of at least 4 members (excludes halogenated alkanes) is 15. The minimum absolute atomic E-state index is 0.827. The molecular formula is C25H43O. The van der Waals surface area contributed by atoms with Crippen LogP contribution < -0.4 is 0 Å². The quantitative estimate of drug-likeness (QED) is 0.226. The van der Waals surface area contributed by atoms with Crippen LogP contribution in [0, 0.1) is 7.11 Å². The molecule has 0 bridgehead atoms. The van der Waals surface area contributed by atoms with Crippen molar-refractivity contribution in [3.8, 4) is 0 Å². The summed E-state index contributed by atoms with van der Waals surface area (Å²) in [4.78, 5) is 0. The second-order valence-electron chi connectivity index (χ2n) is 7.80. The fourth-order valence-corrected chi connectivity index (χ4v) is 3.65. The summed E-state index contributed by atoms with van der Waals surface area (Å²) < 4.78 is 4.83. The first-order valence-corrected chi connectivity index (χ1v) is 11.3. The second kappa shape index (κ2) is 19.0. The van der Waals surface area contributed by atoms with Crippen molar-refractivity contribution in [2.45, 2.75) is 109 Å². The largest absolute Gasteiger partial charge is 0.379 e. The molecule has 0 aromatic heterocycles. The standard InChI is InChI=1S/C25H43O/c1-26-24-20-15-13-11-9-7-5-3-2-4-6-8-10-12-14-17-21-25-22-18-16-19-23-25/h16,18-19,22-23H,1-15,17,20-21,24H2. The molecule has 0 atom stereocenters. The lowest BCUT2D eigenvalue weighted by Gasteiger charge is -2.04. The van der Waals surface area contributed by atoms with E-state index in [0.29, 0.717) is 0 Å². The molecule has 1 aromatic rings. The third-order valence-electron chi connectivity index (χ3n) is 5.35. The molecule has 0 aliphatic rings. The van der Waals surface area contributed by atoms with Crippen molar-refractivity contribution in [1.29, 1.82) is 0 Å². The topological polar surface area (TPSA) is 9.23 Å². The lowest BCUT2D eigenvalue weighted by molar-refractivity contribution is 0.233. The van der Waals surface area contributed by atoms with E-state index < -0.39 is 0 Å². The molecule has 0 saturated carbocycles. The van der Waals surface area contributed by atoms with Crippen LogP contribution in [0.1, 0.15) is 108 Å². The zero-order valence-electron chi connectivity index (χ0n) is 17.2. The van der Waals surface area contributed by atoms with Gasteiger partial charge in [0.1, 0.15) is 0 Å². The number of ether oxygens (including phenoxy) is 1. The van der Waals surface area contributed by atoms with E-state index in [0.717, 1.165) is 6.61 Å². The van der Waals surface area contributed by atoms with E-state index in [2.05, 4.69) is 37.4 Å². The van der Waals surface area contributed by atoms with Gasteiger partial charge < -0.3 is 4.74 Å². The Kier molecular flexibility index (Phi) is 16.9. The van der Waals surface area contributed by atoms with Gasteiger partial charge in [-0.1, -0.05) is 120 Å². The first kappa shape index (κ1) is 23.2. The van der Waals surface area contributed by atoms with Crippen LogP contribution in [0.4, 0.5) is 0 Å². The molecule has 0 heterocycles. The van der Waals surface area contributed by atoms with Crippen LogP contribution in [0.3, 0.4) is 0 Å². The van der Waals surface area contributed by atoms with Crippen LogP contribution in [-0.4, -0.2) is 6.61 Å². The van der Waals surface area contributed by atoms with E-state index in [-0.39, 0.29) is 0 Å². The maximum atomic E-state index is 4.83. The van der Waals surface area contributed by atoms with E-state index in [1.54, 1.807) is 0 Å². The number of aryl methyl sites for hydroxylation is 1. The van der Waals surface area contributed by atoms with Crippen molar-refractivity contribution < 1.29 is 4.74 Å². The molecule has 0 unspecified atom stereocenters. The number of rotatable bonds is 19. The summed E-state index contributed by atoms with van der Waals surface area (Å²) in [5.74, 6) is 0. The van der Waals surface area contributed by atoms with Crippen LogP contribution in [0.25, 0.3) is 0 Å². The highest BCUT2D eigenvalue weighted by atomic mass is 16.5. The fraction of sp³-hybridized carbons (Fsp3) is 0.720. The molecule has 26 heavy (non-hydrogen) atoms. The predicted molar refractivity (Wildman–Crippen MR) is 115 cm³/mol. The Bertz CT molecular complexity index is 373. The smallest absolute Gasteiger partial charge is 0.0700 e. The van der Waals surface area contributed by atoms with E-state index >= 15 is 0 Å². The molecule has 1 nitrogen and oxygen atoms in total. The Morgan fingerprint density at radius 3 is 1.31 bits per heavy atom. The molecule has 0 aliphatic carbocycles. The third kappa shape index (κ3) is 15.4. The molecule has 1 radical (unpaired) electrons. The molecular weight excluding hydrogens is 316 g/mol. The predicted octanol–water partition coefficient (Wildman–Crippen LogP) is 8.28. The van der Waals surface area contributed by atoms with Crippen molar-refractivity contribution in [3.05, 3.63) is 43.0 Å². The van der Waals surface area contributed by atoms with Gasteiger partial charge in [-0.3, -0.25) is 0 Å². The summed E-state index contributed by atoms with van der Waals surface area (Å²) in [6, 6.07) is 10.9. The van der Waals surface area contributed by atoms with Crippen LogP contribution in [0.15, 0.2) is 30.3 Å². The van der Waals surface area contributed by atoms with Gasteiger partial charge in [0.05, 0.1) is 7.11 Å².